The molecule has 0 aliphatic rings. The van der Waals surface area contributed by atoms with E-state index in [0.29, 0.717) is 0 Å². The second-order valence-electron chi connectivity index (χ2n) is 2.88. The van der Waals surface area contributed by atoms with Gasteiger partial charge in [0.2, 0.25) is 0 Å². The van der Waals surface area contributed by atoms with Gasteiger partial charge >= 0.3 is 6.36 Å². The summed E-state index contributed by atoms with van der Waals surface area (Å²) < 4.78 is 66.6. The molecule has 18 heavy (non-hydrogen) atoms. The molecular weight excluding hydrogens is 392 g/mol. The van der Waals surface area contributed by atoms with E-state index >= 15 is 0 Å². The summed E-state index contributed by atoms with van der Waals surface area (Å²) in [6.45, 7) is 0. The highest BCUT2D eigenvalue weighted by Gasteiger charge is 2.34. The van der Waals surface area contributed by atoms with Gasteiger partial charge in [0, 0.05) is 6.07 Å². The molecule has 0 aliphatic heterocycles. The van der Waals surface area contributed by atoms with E-state index in [0.717, 1.165) is 13.2 Å². The van der Waals surface area contributed by atoms with Gasteiger partial charge in [-0.1, -0.05) is 0 Å². The number of nitrogens with zero attached hydrogens (tertiary/aromatic N) is 1. The minimum atomic E-state index is -5.03. The third-order valence-corrected chi connectivity index (χ3v) is 3.62. The number of aromatic nitrogens is 1. The fourth-order valence-corrected chi connectivity index (χ4v) is 2.83. The van der Waals surface area contributed by atoms with Crippen molar-refractivity contribution in [1.29, 1.82) is 0 Å². The Balaban J connectivity index is 3.41. The van der Waals surface area contributed by atoms with Crippen LogP contribution in [0.1, 0.15) is 0 Å². The topological polar surface area (TPSA) is 91.5 Å². The predicted octanol–water partition coefficient (Wildman–Crippen LogP) is 1.24. The number of methoxy groups -OCH3 is 1. The molecule has 0 atom stereocenters. The lowest BCUT2D eigenvalue weighted by Crippen LogP contribution is -2.21. The lowest BCUT2D eigenvalue weighted by atomic mass is 10.4. The maximum atomic E-state index is 12.1. The average Bonchev–Trinajstić information content (AvgIpc) is 2.16. The summed E-state index contributed by atoms with van der Waals surface area (Å²) in [7, 11) is -3.17. The number of hydrogen-bond acceptors (Lipinski definition) is 5. The molecule has 102 valence electrons. The molecular formula is C7H6F3IN2O4S. The molecule has 0 radical (unpaired) electrons. The summed E-state index contributed by atoms with van der Waals surface area (Å²) in [6, 6.07) is 1.02. The Morgan fingerprint density at radius 3 is 2.39 bits per heavy atom. The molecule has 2 N–H and O–H groups in total. The molecule has 1 heterocycles. The van der Waals surface area contributed by atoms with Crippen LogP contribution in [0.3, 0.4) is 0 Å². The van der Waals surface area contributed by atoms with Gasteiger partial charge in [0.25, 0.3) is 15.9 Å². The summed E-state index contributed by atoms with van der Waals surface area (Å²) >= 11 is 1.55. The number of halogens is 4. The van der Waals surface area contributed by atoms with Crippen molar-refractivity contribution in [1.82, 2.24) is 4.98 Å². The summed E-state index contributed by atoms with van der Waals surface area (Å²) in [4.78, 5) is 3.21. The van der Waals surface area contributed by atoms with Crippen molar-refractivity contribution in [3.8, 4) is 11.6 Å². The van der Waals surface area contributed by atoms with Gasteiger partial charge in [-0.3, -0.25) is 0 Å². The Labute approximate surface area is 113 Å². The smallest absolute Gasteiger partial charge is 0.491 e. The lowest BCUT2D eigenvalue weighted by Gasteiger charge is -2.13. The number of alkyl halides is 3. The number of pyridine rings is 1. The fraction of sp³-hybridized carbons (Fsp3) is 0.286. The van der Waals surface area contributed by atoms with Crippen LogP contribution in [0.5, 0.6) is 11.6 Å². The van der Waals surface area contributed by atoms with Crippen LogP contribution in [0, 0.1) is 3.57 Å². The first-order chi connectivity index (χ1) is 8.04. The Kier molecular flexibility index (Phi) is 4.27. The van der Waals surface area contributed by atoms with Crippen LogP contribution in [-0.4, -0.2) is 26.9 Å². The van der Waals surface area contributed by atoms with Crippen molar-refractivity contribution in [2.75, 3.05) is 7.11 Å². The third kappa shape index (κ3) is 3.84. The molecule has 0 aliphatic carbocycles. The summed E-state index contributed by atoms with van der Waals surface area (Å²) in [5, 5.41) is 4.09. The van der Waals surface area contributed by atoms with Gasteiger partial charge in [-0.2, -0.15) is 4.98 Å². The van der Waals surface area contributed by atoms with Gasteiger partial charge in [0.05, 0.1) is 10.7 Å². The first kappa shape index (κ1) is 15.2. The number of primary sulfonamides is 1. The zero-order valence-electron chi connectivity index (χ0n) is 8.66. The molecule has 6 nitrogen and oxygen atoms in total. The Bertz CT molecular complexity index is 561. The standard InChI is InChI=1S/C7H6F3IN2O4S/c1-16-4-2-3(11)6(18(12,14)15)13-5(4)17-7(8,9)10/h2H,1H3,(H2,12,14,15). The third-order valence-electron chi connectivity index (χ3n) is 1.58. The van der Waals surface area contributed by atoms with Gasteiger partial charge in [-0.05, 0) is 22.6 Å². The first-order valence-electron chi connectivity index (χ1n) is 4.07. The van der Waals surface area contributed by atoms with Crippen molar-refractivity contribution in [2.24, 2.45) is 5.14 Å². The molecule has 0 aromatic carbocycles. The van der Waals surface area contributed by atoms with Gasteiger partial charge < -0.3 is 9.47 Å². The van der Waals surface area contributed by atoms with Crippen LogP contribution in [0.25, 0.3) is 0 Å². The zero-order valence-corrected chi connectivity index (χ0v) is 11.6. The highest BCUT2D eigenvalue weighted by atomic mass is 127. The number of hydrogen-bond donors (Lipinski definition) is 1. The molecule has 0 saturated carbocycles. The van der Waals surface area contributed by atoms with Gasteiger partial charge in [0.1, 0.15) is 0 Å². The number of ether oxygens (including phenoxy) is 2. The van der Waals surface area contributed by atoms with Crippen LogP contribution < -0.4 is 14.6 Å². The quantitative estimate of drug-likeness (QED) is 0.774. The van der Waals surface area contributed by atoms with Crippen LogP contribution in [0.4, 0.5) is 13.2 Å². The van der Waals surface area contributed by atoms with E-state index in [4.69, 9.17) is 5.14 Å². The zero-order chi connectivity index (χ0) is 14.1. The van der Waals surface area contributed by atoms with Crippen molar-refractivity contribution in [2.45, 2.75) is 11.4 Å². The van der Waals surface area contributed by atoms with Gasteiger partial charge in [0.15, 0.2) is 10.8 Å². The number of rotatable bonds is 3. The van der Waals surface area contributed by atoms with Gasteiger partial charge in [-0.15, -0.1) is 13.2 Å². The molecule has 0 spiro atoms. The van der Waals surface area contributed by atoms with E-state index in [1.54, 1.807) is 22.6 Å². The molecule has 0 unspecified atom stereocenters. The van der Waals surface area contributed by atoms with E-state index in [1.165, 1.54) is 0 Å². The molecule has 1 aromatic rings. The summed E-state index contributed by atoms with van der Waals surface area (Å²) in [5.74, 6) is -1.38. The minimum absolute atomic E-state index is 0.0153. The number of nitrogens with two attached hydrogens (primary N) is 1. The normalized spacial score (nSPS) is 12.3. The molecule has 0 fully saturated rings. The monoisotopic (exact) mass is 398 g/mol. The maximum Gasteiger partial charge on any atom is 0.574 e. The number of sulfonamides is 1. The highest BCUT2D eigenvalue weighted by molar-refractivity contribution is 14.1. The summed E-state index contributed by atoms with van der Waals surface area (Å²) in [6.07, 6.45) is -5.03. The predicted molar refractivity (Wildman–Crippen MR) is 61.6 cm³/mol. The van der Waals surface area contributed by atoms with E-state index in [1.807, 2.05) is 0 Å². The SMILES string of the molecule is COc1cc(I)c(S(N)(=O)=O)nc1OC(F)(F)F. The van der Waals surface area contributed by atoms with Crippen LogP contribution >= 0.6 is 22.6 Å². The highest BCUT2D eigenvalue weighted by Crippen LogP contribution is 2.33. The minimum Gasteiger partial charge on any atom is -0.491 e. The maximum absolute atomic E-state index is 12.1. The second-order valence-corrected chi connectivity index (χ2v) is 5.51. The summed E-state index contributed by atoms with van der Waals surface area (Å²) in [5.41, 5.74) is 0. The van der Waals surface area contributed by atoms with E-state index < -0.39 is 27.3 Å². The molecule has 0 bridgehead atoms. The Hall–Kier alpha value is -0.820. The van der Waals surface area contributed by atoms with Gasteiger partial charge in [-0.25, -0.2) is 13.6 Å². The fourth-order valence-electron chi connectivity index (χ4n) is 0.968. The molecule has 1 aromatic heterocycles. The van der Waals surface area contributed by atoms with Crippen LogP contribution in [-0.2, 0) is 10.0 Å². The Morgan fingerprint density at radius 1 is 1.44 bits per heavy atom. The largest absolute Gasteiger partial charge is 0.574 e. The van der Waals surface area contributed by atoms with Crippen molar-refractivity contribution < 1.29 is 31.1 Å². The molecule has 11 heteroatoms. The lowest BCUT2D eigenvalue weighted by molar-refractivity contribution is -0.276. The van der Waals surface area contributed by atoms with E-state index in [9.17, 15) is 21.6 Å². The Morgan fingerprint density at radius 2 is 2.00 bits per heavy atom. The van der Waals surface area contributed by atoms with Crippen LogP contribution in [0.15, 0.2) is 11.1 Å². The van der Waals surface area contributed by atoms with Crippen LogP contribution in [0.2, 0.25) is 0 Å². The van der Waals surface area contributed by atoms with Crippen molar-refractivity contribution >= 4 is 32.6 Å². The second kappa shape index (κ2) is 5.05. The van der Waals surface area contributed by atoms with Crippen molar-refractivity contribution in [3.05, 3.63) is 9.64 Å². The average molecular weight is 398 g/mol. The van der Waals surface area contributed by atoms with E-state index in [2.05, 4.69) is 14.5 Å². The molecule has 0 amide bonds. The first-order valence-corrected chi connectivity index (χ1v) is 6.70. The molecule has 1 rings (SSSR count). The van der Waals surface area contributed by atoms with Crippen molar-refractivity contribution in [3.63, 3.8) is 0 Å². The van der Waals surface area contributed by atoms with E-state index in [-0.39, 0.29) is 9.32 Å². The molecule has 0 saturated heterocycles.